The highest BCUT2D eigenvalue weighted by Gasteiger charge is 2.11. The maximum absolute atomic E-state index is 11.7. The van der Waals surface area contributed by atoms with Crippen LogP contribution in [0.5, 0.6) is 0 Å². The second-order valence-corrected chi connectivity index (χ2v) is 4.09. The molecule has 0 unspecified atom stereocenters. The summed E-state index contributed by atoms with van der Waals surface area (Å²) < 4.78 is 5.02. The predicted molar refractivity (Wildman–Crippen MR) is 68.3 cm³/mol. The molecule has 1 heterocycles. The molecule has 1 aromatic heterocycles. The fourth-order valence-electron chi connectivity index (χ4n) is 1.26. The van der Waals surface area contributed by atoms with Crippen molar-refractivity contribution in [1.29, 1.82) is 0 Å². The lowest BCUT2D eigenvalue weighted by Gasteiger charge is -2.11. The lowest BCUT2D eigenvalue weighted by Crippen LogP contribution is -2.32. The van der Waals surface area contributed by atoms with E-state index in [1.54, 1.807) is 13.0 Å². The van der Waals surface area contributed by atoms with Gasteiger partial charge >= 0.3 is 5.97 Å². The minimum Gasteiger partial charge on any atom is -0.461 e. The maximum Gasteiger partial charge on any atom is 0.325 e. The summed E-state index contributed by atoms with van der Waals surface area (Å²) in [4.78, 5) is 26.9. The number of nitrogens with zero attached hydrogens (tertiary/aromatic N) is 1. The Labute approximate surface area is 111 Å². The van der Waals surface area contributed by atoms with Gasteiger partial charge in [-0.25, -0.2) is 0 Å². The van der Waals surface area contributed by atoms with Crippen molar-refractivity contribution in [3.63, 3.8) is 0 Å². The number of aliphatic hydroxyl groups is 1. The minimum absolute atomic E-state index is 0.157. The number of carbonyl (C=O) groups excluding carboxylic acids is 2. The zero-order valence-corrected chi connectivity index (χ0v) is 11.0. The van der Waals surface area contributed by atoms with E-state index >= 15 is 0 Å². The first-order chi connectivity index (χ1) is 9.06. The van der Waals surface area contributed by atoms with Gasteiger partial charge in [-0.05, 0) is 25.5 Å². The molecule has 0 radical (unpaired) electrons. The number of rotatable bonds is 6. The third-order valence-corrected chi connectivity index (χ3v) is 2.55. The van der Waals surface area contributed by atoms with E-state index < -0.39 is 11.9 Å². The molecule has 0 fully saturated rings. The monoisotopic (exact) mass is 266 g/mol. The Bertz CT molecular complexity index is 431. The van der Waals surface area contributed by atoms with Crippen LogP contribution >= 0.6 is 0 Å². The number of hydrogen-bond donors (Lipinski definition) is 2. The molecular weight excluding hydrogens is 248 g/mol. The molecule has 1 amide bonds. The first kappa shape index (κ1) is 15.1. The normalized spacial score (nSPS) is 11.7. The Hall–Kier alpha value is -1.95. The molecule has 1 atom stereocenters. The summed E-state index contributed by atoms with van der Waals surface area (Å²) in [5, 5.41) is 11.3. The van der Waals surface area contributed by atoms with Crippen LogP contribution in [0.4, 0.5) is 0 Å². The summed E-state index contributed by atoms with van der Waals surface area (Å²) in [6.45, 7) is 3.34. The van der Waals surface area contributed by atoms with Crippen molar-refractivity contribution in [1.82, 2.24) is 10.3 Å². The first-order valence-electron chi connectivity index (χ1n) is 6.10. The molecule has 6 nitrogen and oxygen atoms in total. The van der Waals surface area contributed by atoms with Gasteiger partial charge in [-0.2, -0.15) is 0 Å². The van der Waals surface area contributed by atoms with E-state index in [4.69, 9.17) is 9.84 Å². The van der Waals surface area contributed by atoms with E-state index in [-0.39, 0.29) is 19.3 Å². The summed E-state index contributed by atoms with van der Waals surface area (Å²) in [5.41, 5.74) is 0.807. The summed E-state index contributed by atoms with van der Waals surface area (Å²) >= 11 is 0. The van der Waals surface area contributed by atoms with Crippen LogP contribution in [0.25, 0.3) is 0 Å². The number of carbonyl (C=O) groups is 2. The molecule has 0 spiro atoms. The lowest BCUT2D eigenvalue weighted by molar-refractivity contribution is -0.147. The van der Waals surface area contributed by atoms with Crippen molar-refractivity contribution in [2.45, 2.75) is 33.0 Å². The van der Waals surface area contributed by atoms with Gasteiger partial charge in [-0.15, -0.1) is 0 Å². The van der Waals surface area contributed by atoms with E-state index in [9.17, 15) is 9.59 Å². The van der Waals surface area contributed by atoms with Gasteiger partial charge in [-0.3, -0.25) is 14.6 Å². The zero-order valence-electron chi connectivity index (χ0n) is 11.0. The minimum atomic E-state index is -0.470. The Morgan fingerprint density at radius 1 is 1.47 bits per heavy atom. The molecule has 0 aliphatic carbocycles. The molecule has 0 saturated carbocycles. The number of amides is 1. The molecule has 19 heavy (non-hydrogen) atoms. The number of ether oxygens (including phenoxy) is 1. The fourth-order valence-corrected chi connectivity index (χ4v) is 1.26. The van der Waals surface area contributed by atoms with Crippen LogP contribution in [-0.2, 0) is 16.1 Å². The van der Waals surface area contributed by atoms with Gasteiger partial charge in [0.05, 0.1) is 24.0 Å². The molecule has 6 heteroatoms. The number of aliphatic hydroxyl groups excluding tert-OH is 1. The average Bonchev–Trinajstić information content (AvgIpc) is 2.44. The van der Waals surface area contributed by atoms with Crippen molar-refractivity contribution in [2.24, 2.45) is 0 Å². The molecule has 0 aromatic carbocycles. The molecule has 0 bridgehead atoms. The number of nitrogens with one attached hydrogen (secondary N) is 1. The van der Waals surface area contributed by atoms with Crippen molar-refractivity contribution in [3.8, 4) is 0 Å². The Balaban J connectivity index is 2.44. The number of pyridine rings is 1. The third kappa shape index (κ3) is 5.05. The molecule has 0 saturated heterocycles. The Morgan fingerprint density at radius 3 is 2.74 bits per heavy atom. The van der Waals surface area contributed by atoms with Crippen molar-refractivity contribution >= 4 is 11.9 Å². The zero-order chi connectivity index (χ0) is 14.3. The quantitative estimate of drug-likeness (QED) is 0.738. The number of esters is 1. The van der Waals surface area contributed by atoms with Crippen molar-refractivity contribution < 1.29 is 19.4 Å². The van der Waals surface area contributed by atoms with E-state index in [2.05, 4.69) is 10.3 Å². The number of hydrogen-bond acceptors (Lipinski definition) is 5. The summed E-state index contributed by atoms with van der Waals surface area (Å²) in [6.07, 6.45) is 1.92. The molecule has 104 valence electrons. The maximum atomic E-state index is 11.7. The van der Waals surface area contributed by atoms with Crippen LogP contribution in [0.15, 0.2) is 18.3 Å². The van der Waals surface area contributed by atoms with Gasteiger partial charge in [0.25, 0.3) is 5.91 Å². The van der Waals surface area contributed by atoms with Crippen LogP contribution in [0.3, 0.4) is 0 Å². The van der Waals surface area contributed by atoms with Gasteiger partial charge in [0.15, 0.2) is 0 Å². The van der Waals surface area contributed by atoms with Gasteiger partial charge in [-0.1, -0.05) is 6.92 Å². The summed E-state index contributed by atoms with van der Waals surface area (Å²) in [7, 11) is 0. The third-order valence-electron chi connectivity index (χ3n) is 2.55. The highest BCUT2D eigenvalue weighted by atomic mass is 16.5. The molecule has 0 aliphatic heterocycles. The van der Waals surface area contributed by atoms with E-state index in [1.807, 2.05) is 6.92 Å². The van der Waals surface area contributed by atoms with Gasteiger partial charge in [0.1, 0.15) is 6.54 Å². The number of aromatic nitrogens is 1. The fraction of sp³-hybridized carbons (Fsp3) is 0.462. The predicted octanol–water partition coefficient (Wildman–Crippen LogP) is 0.645. The molecule has 1 rings (SSSR count). The highest BCUT2D eigenvalue weighted by molar-refractivity contribution is 5.95. The van der Waals surface area contributed by atoms with Gasteiger partial charge in [0.2, 0.25) is 0 Å². The van der Waals surface area contributed by atoms with Crippen LogP contribution in [0.1, 0.15) is 36.3 Å². The molecular formula is C13H18N2O4. The van der Waals surface area contributed by atoms with Crippen LogP contribution in [0.2, 0.25) is 0 Å². The Kier molecular flexibility index (Phi) is 5.95. The van der Waals surface area contributed by atoms with E-state index in [0.717, 1.165) is 6.42 Å². The van der Waals surface area contributed by atoms with Crippen LogP contribution in [-0.4, -0.2) is 34.6 Å². The lowest BCUT2D eigenvalue weighted by atomic mass is 10.2. The summed E-state index contributed by atoms with van der Waals surface area (Å²) in [6, 6.07) is 3.08. The molecule has 0 aliphatic rings. The molecule has 2 N–H and O–H groups in total. The summed E-state index contributed by atoms with van der Waals surface area (Å²) in [5.74, 6) is -0.874. The SMILES string of the molecule is CC[C@H](C)OC(=O)CNC(=O)c1ccc(CO)nc1. The van der Waals surface area contributed by atoms with Crippen molar-refractivity contribution in [2.75, 3.05) is 6.54 Å². The van der Waals surface area contributed by atoms with Gasteiger partial charge < -0.3 is 15.2 Å². The second-order valence-electron chi connectivity index (χ2n) is 4.09. The molecule has 1 aromatic rings. The average molecular weight is 266 g/mol. The highest BCUT2D eigenvalue weighted by Crippen LogP contribution is 2.00. The first-order valence-corrected chi connectivity index (χ1v) is 6.10. The van der Waals surface area contributed by atoms with Crippen molar-refractivity contribution in [3.05, 3.63) is 29.6 Å². The smallest absolute Gasteiger partial charge is 0.325 e. The van der Waals surface area contributed by atoms with E-state index in [0.29, 0.717) is 11.3 Å². The van der Waals surface area contributed by atoms with E-state index in [1.165, 1.54) is 12.3 Å². The second kappa shape index (κ2) is 7.48. The largest absolute Gasteiger partial charge is 0.461 e. The standard InChI is InChI=1S/C13H18N2O4/c1-3-9(2)19-12(17)7-15-13(18)10-4-5-11(8-16)14-6-10/h4-6,9,16H,3,7-8H2,1-2H3,(H,15,18)/t9-/m0/s1. The topological polar surface area (TPSA) is 88.5 Å². The van der Waals surface area contributed by atoms with Crippen LogP contribution < -0.4 is 5.32 Å². The Morgan fingerprint density at radius 2 is 2.21 bits per heavy atom. The van der Waals surface area contributed by atoms with Gasteiger partial charge in [0, 0.05) is 6.20 Å². The van der Waals surface area contributed by atoms with Crippen LogP contribution in [0, 0.1) is 0 Å².